The molecule has 1 radical (unpaired) electrons. The molecule has 16 heavy (non-hydrogen) atoms. The van der Waals surface area contributed by atoms with Gasteiger partial charge in [0, 0.05) is 25.0 Å². The molecule has 1 aromatic carbocycles. The molecule has 2 nitrogen and oxygen atoms in total. The summed E-state index contributed by atoms with van der Waals surface area (Å²) in [5.74, 6) is 0. The molecule has 2 rings (SSSR count). The number of aromatic nitrogens is 1. The van der Waals surface area contributed by atoms with Crippen LogP contribution in [0.3, 0.4) is 0 Å². The molecule has 0 saturated heterocycles. The minimum absolute atomic E-state index is 1.02. The van der Waals surface area contributed by atoms with Gasteiger partial charge >= 0.3 is 0 Å². The summed E-state index contributed by atoms with van der Waals surface area (Å²) >= 11 is 0. The second kappa shape index (κ2) is 4.99. The first-order valence-electron chi connectivity index (χ1n) is 5.54. The lowest BCUT2D eigenvalue weighted by molar-refractivity contribution is 0.385. The Balaban J connectivity index is 2.19. The monoisotopic (exact) mass is 213 g/mol. The minimum Gasteiger partial charge on any atom is -0.346 e. The Kier molecular flexibility index (Phi) is 3.42. The summed E-state index contributed by atoms with van der Waals surface area (Å²) in [5, 5.41) is 0. The quantitative estimate of drug-likeness (QED) is 0.757. The first-order chi connectivity index (χ1) is 7.77. The molecule has 0 aliphatic carbocycles. The fourth-order valence-corrected chi connectivity index (χ4v) is 1.73. The zero-order chi connectivity index (χ0) is 11.4. The van der Waals surface area contributed by atoms with E-state index < -0.39 is 0 Å². The second-order valence-electron chi connectivity index (χ2n) is 4.18. The highest BCUT2D eigenvalue weighted by atomic mass is 15.1. The van der Waals surface area contributed by atoms with Crippen molar-refractivity contribution in [2.45, 2.75) is 6.54 Å². The lowest BCUT2D eigenvalue weighted by Gasteiger charge is -2.13. The molecule has 0 aliphatic heterocycles. The van der Waals surface area contributed by atoms with Gasteiger partial charge in [0.2, 0.25) is 0 Å². The molecular formula is C14H17N2. The van der Waals surface area contributed by atoms with Crippen LogP contribution in [-0.2, 0) is 6.54 Å². The molecule has 0 bridgehead atoms. The molecule has 0 amide bonds. The number of likely N-dealkylation sites (N-methyl/N-ethyl adjacent to an activating group) is 1. The molecule has 2 heteroatoms. The van der Waals surface area contributed by atoms with Crippen LogP contribution in [0.25, 0.3) is 11.3 Å². The molecular weight excluding hydrogens is 196 g/mol. The highest BCUT2D eigenvalue weighted by Crippen LogP contribution is 2.19. The van der Waals surface area contributed by atoms with Crippen LogP contribution >= 0.6 is 0 Å². The molecule has 1 heterocycles. The van der Waals surface area contributed by atoms with E-state index in [1.54, 1.807) is 0 Å². The Morgan fingerprint density at radius 1 is 1.25 bits per heavy atom. The highest BCUT2D eigenvalue weighted by Gasteiger charge is 2.03. The molecule has 1 aromatic heterocycles. The fourth-order valence-electron chi connectivity index (χ4n) is 1.73. The van der Waals surface area contributed by atoms with Gasteiger partial charge in [0.25, 0.3) is 0 Å². The van der Waals surface area contributed by atoms with Crippen LogP contribution in [0.15, 0.2) is 42.6 Å². The molecule has 83 valence electrons. The van der Waals surface area contributed by atoms with Crippen molar-refractivity contribution < 1.29 is 0 Å². The molecule has 0 atom stereocenters. The summed E-state index contributed by atoms with van der Waals surface area (Å²) in [4.78, 5) is 2.20. The number of hydrogen-bond acceptors (Lipinski definition) is 1. The highest BCUT2D eigenvalue weighted by molar-refractivity contribution is 5.59. The van der Waals surface area contributed by atoms with E-state index in [9.17, 15) is 0 Å². The van der Waals surface area contributed by atoms with Gasteiger partial charge in [-0.2, -0.15) is 0 Å². The summed E-state index contributed by atoms with van der Waals surface area (Å²) in [6, 6.07) is 15.5. The van der Waals surface area contributed by atoms with Gasteiger partial charge in [-0.3, -0.25) is 0 Å². The minimum atomic E-state index is 1.02. The van der Waals surface area contributed by atoms with Gasteiger partial charge in [-0.15, -0.1) is 0 Å². The molecule has 0 aliphatic rings. The third kappa shape index (κ3) is 2.52. The van der Waals surface area contributed by atoms with E-state index in [0.717, 1.165) is 13.1 Å². The third-order valence-electron chi connectivity index (χ3n) is 2.62. The van der Waals surface area contributed by atoms with E-state index in [-0.39, 0.29) is 0 Å². The Bertz CT molecular complexity index is 429. The Morgan fingerprint density at radius 3 is 2.81 bits per heavy atom. The van der Waals surface area contributed by atoms with E-state index in [0.29, 0.717) is 0 Å². The number of benzene rings is 1. The van der Waals surface area contributed by atoms with Crippen molar-refractivity contribution in [3.05, 3.63) is 48.7 Å². The van der Waals surface area contributed by atoms with Crippen LogP contribution in [0, 0.1) is 6.07 Å². The predicted molar refractivity (Wildman–Crippen MR) is 67.3 cm³/mol. The standard InChI is InChI=1S/C14H17N2/c1-15(2)11-12-16-10-6-9-14(16)13-7-4-3-5-8-13/h3-4,6-10H,11-12H2,1-2H3. The average Bonchev–Trinajstić information content (AvgIpc) is 2.75. The summed E-state index contributed by atoms with van der Waals surface area (Å²) in [7, 11) is 4.19. The van der Waals surface area contributed by atoms with Gasteiger partial charge in [0.15, 0.2) is 0 Å². The third-order valence-corrected chi connectivity index (χ3v) is 2.62. The van der Waals surface area contributed by atoms with Crippen molar-refractivity contribution >= 4 is 0 Å². The van der Waals surface area contributed by atoms with Gasteiger partial charge in [-0.1, -0.05) is 18.2 Å². The van der Waals surface area contributed by atoms with Crippen molar-refractivity contribution in [3.63, 3.8) is 0 Å². The maximum absolute atomic E-state index is 3.12. The topological polar surface area (TPSA) is 8.17 Å². The molecule has 2 aromatic rings. The van der Waals surface area contributed by atoms with Crippen LogP contribution in [0.1, 0.15) is 0 Å². The lowest BCUT2D eigenvalue weighted by atomic mass is 10.1. The average molecular weight is 213 g/mol. The van der Waals surface area contributed by atoms with Gasteiger partial charge in [0.05, 0.1) is 0 Å². The van der Waals surface area contributed by atoms with E-state index in [1.165, 1.54) is 11.3 Å². The molecule has 0 N–H and O–H groups in total. The van der Waals surface area contributed by atoms with Crippen molar-refractivity contribution in [1.29, 1.82) is 0 Å². The SMILES string of the molecule is CN(C)CCn1cccc1-c1c[c]ccc1. The Labute approximate surface area is 97.1 Å². The fraction of sp³-hybridized carbons (Fsp3) is 0.286. The number of nitrogens with zero attached hydrogens (tertiary/aromatic N) is 2. The second-order valence-corrected chi connectivity index (χ2v) is 4.18. The van der Waals surface area contributed by atoms with Crippen LogP contribution in [-0.4, -0.2) is 30.1 Å². The van der Waals surface area contributed by atoms with E-state index in [2.05, 4.69) is 54.0 Å². The zero-order valence-electron chi connectivity index (χ0n) is 9.85. The first kappa shape index (κ1) is 11.0. The van der Waals surface area contributed by atoms with Gasteiger partial charge < -0.3 is 9.47 Å². The van der Waals surface area contributed by atoms with E-state index >= 15 is 0 Å². The maximum atomic E-state index is 3.12. The van der Waals surface area contributed by atoms with Crippen LogP contribution in [0.2, 0.25) is 0 Å². The predicted octanol–water partition coefficient (Wildman–Crippen LogP) is 2.52. The lowest BCUT2D eigenvalue weighted by Crippen LogP contribution is -2.18. The summed E-state index contributed by atoms with van der Waals surface area (Å²) < 4.78 is 2.28. The summed E-state index contributed by atoms with van der Waals surface area (Å²) in [6.07, 6.45) is 2.13. The van der Waals surface area contributed by atoms with E-state index in [1.807, 2.05) is 18.2 Å². The van der Waals surface area contributed by atoms with E-state index in [4.69, 9.17) is 0 Å². The maximum Gasteiger partial charge on any atom is 0.0480 e. The van der Waals surface area contributed by atoms with Gasteiger partial charge in [0.1, 0.15) is 0 Å². The van der Waals surface area contributed by atoms with Crippen LogP contribution in [0.5, 0.6) is 0 Å². The normalized spacial score (nSPS) is 10.9. The summed E-state index contributed by atoms with van der Waals surface area (Å²) in [5.41, 5.74) is 2.49. The van der Waals surface area contributed by atoms with Crippen LogP contribution < -0.4 is 0 Å². The van der Waals surface area contributed by atoms with Crippen LogP contribution in [0.4, 0.5) is 0 Å². The zero-order valence-corrected chi connectivity index (χ0v) is 9.85. The molecule has 0 saturated carbocycles. The molecule has 0 fully saturated rings. The number of hydrogen-bond donors (Lipinski definition) is 0. The number of rotatable bonds is 4. The first-order valence-corrected chi connectivity index (χ1v) is 5.54. The van der Waals surface area contributed by atoms with Crippen molar-refractivity contribution in [3.8, 4) is 11.3 Å². The van der Waals surface area contributed by atoms with Crippen molar-refractivity contribution in [2.75, 3.05) is 20.6 Å². The Hall–Kier alpha value is -1.54. The largest absolute Gasteiger partial charge is 0.346 e. The molecule has 0 spiro atoms. The smallest absolute Gasteiger partial charge is 0.0480 e. The van der Waals surface area contributed by atoms with Crippen molar-refractivity contribution in [1.82, 2.24) is 9.47 Å². The van der Waals surface area contributed by atoms with Crippen molar-refractivity contribution in [2.24, 2.45) is 0 Å². The molecule has 0 unspecified atom stereocenters. The Morgan fingerprint density at radius 2 is 2.12 bits per heavy atom. The van der Waals surface area contributed by atoms with Gasteiger partial charge in [-0.25, -0.2) is 0 Å². The summed E-state index contributed by atoms with van der Waals surface area (Å²) in [6.45, 7) is 2.07. The van der Waals surface area contributed by atoms with Gasteiger partial charge in [-0.05, 0) is 43.9 Å².